The second-order valence-electron chi connectivity index (χ2n) is 8.12. The van der Waals surface area contributed by atoms with Gasteiger partial charge in [0, 0.05) is 11.1 Å². The number of hydrogen-bond donors (Lipinski definition) is 3. The summed E-state index contributed by atoms with van der Waals surface area (Å²) in [5, 5.41) is 7.38. The van der Waals surface area contributed by atoms with Crippen LogP contribution in [0.15, 0.2) is 0 Å². The molecule has 0 heterocycles. The maximum atomic E-state index is 12.0. The van der Waals surface area contributed by atoms with E-state index in [0.29, 0.717) is 0 Å². The molecule has 0 amide bonds. The maximum Gasteiger partial charge on any atom is 0.149 e. The van der Waals surface area contributed by atoms with Gasteiger partial charge < -0.3 is 11.1 Å². The molecular weight excluding hydrogens is 298 g/mol. The molecule has 4 nitrogen and oxygen atoms in total. The van der Waals surface area contributed by atoms with E-state index in [1.54, 1.807) is 6.92 Å². The van der Waals surface area contributed by atoms with E-state index in [9.17, 15) is 4.79 Å². The lowest BCUT2D eigenvalue weighted by Crippen LogP contribution is -2.58. The van der Waals surface area contributed by atoms with Gasteiger partial charge in [-0.1, -0.05) is 20.8 Å². The van der Waals surface area contributed by atoms with Gasteiger partial charge in [0.2, 0.25) is 0 Å². The van der Waals surface area contributed by atoms with Gasteiger partial charge in [-0.3, -0.25) is 10.1 Å². The van der Waals surface area contributed by atoms with Crippen molar-refractivity contribution in [3.05, 3.63) is 0 Å². The van der Waals surface area contributed by atoms with Crippen LogP contribution in [0.1, 0.15) is 93.4 Å². The van der Waals surface area contributed by atoms with Crippen LogP contribution < -0.4 is 16.4 Å². The smallest absolute Gasteiger partial charge is 0.149 e. The number of nitrogens with one attached hydrogen (secondary N) is 2. The van der Waals surface area contributed by atoms with Crippen LogP contribution in [0.5, 0.6) is 0 Å². The topological polar surface area (TPSA) is 67.2 Å². The van der Waals surface area contributed by atoms with E-state index in [-0.39, 0.29) is 16.9 Å². The first-order chi connectivity index (χ1) is 11.1. The Morgan fingerprint density at radius 1 is 0.917 bits per heavy atom. The zero-order valence-corrected chi connectivity index (χ0v) is 17.3. The molecule has 0 bridgehead atoms. The number of carbonyl (C=O) groups excluding carboxylic acids is 1. The molecule has 0 rings (SSSR count). The fraction of sp³-hybridized carbons (Fsp3) is 0.950. The van der Waals surface area contributed by atoms with Crippen LogP contribution in [0, 0.1) is 0 Å². The van der Waals surface area contributed by atoms with Gasteiger partial charge in [-0.25, -0.2) is 0 Å². The van der Waals surface area contributed by atoms with Crippen LogP contribution in [0.3, 0.4) is 0 Å². The first kappa shape index (κ1) is 23.5. The van der Waals surface area contributed by atoms with E-state index in [1.807, 2.05) is 6.92 Å². The summed E-state index contributed by atoms with van der Waals surface area (Å²) in [6, 6.07) is 0. The van der Waals surface area contributed by atoms with Gasteiger partial charge in [0.1, 0.15) is 5.78 Å². The van der Waals surface area contributed by atoms with Crippen molar-refractivity contribution in [3.8, 4) is 0 Å². The standard InChI is InChI=1S/C20H43N3O/c1-8-18(5,13-11-15-21)22-16-12-14-19(6,9-2)23-20(7,10-3)17(4)24/h22-23H,8-16,21H2,1-7H3. The number of Topliss-reactive ketones (excluding diaryl/α,β-unsaturated/α-hetero) is 1. The number of rotatable bonds is 14. The summed E-state index contributed by atoms with van der Waals surface area (Å²) >= 11 is 0. The monoisotopic (exact) mass is 341 g/mol. The molecule has 0 aliphatic heterocycles. The number of ketones is 1. The van der Waals surface area contributed by atoms with E-state index >= 15 is 0 Å². The molecule has 0 fully saturated rings. The Morgan fingerprint density at radius 2 is 1.46 bits per heavy atom. The second kappa shape index (κ2) is 10.5. The molecule has 0 saturated heterocycles. The molecule has 0 radical (unpaired) electrons. The zero-order valence-electron chi connectivity index (χ0n) is 17.3. The SMILES string of the molecule is CCC(C)(CCCN)NCCCC(C)(CC)NC(C)(CC)C(C)=O. The van der Waals surface area contributed by atoms with Crippen molar-refractivity contribution in [2.24, 2.45) is 5.73 Å². The molecule has 144 valence electrons. The largest absolute Gasteiger partial charge is 0.330 e. The van der Waals surface area contributed by atoms with Crippen molar-refractivity contribution in [2.75, 3.05) is 13.1 Å². The minimum absolute atomic E-state index is 0.00200. The van der Waals surface area contributed by atoms with Crippen molar-refractivity contribution in [2.45, 2.75) is 110 Å². The third-order valence-electron chi connectivity index (χ3n) is 6.01. The summed E-state index contributed by atoms with van der Waals surface area (Å²) in [6.07, 6.45) is 7.33. The van der Waals surface area contributed by atoms with Gasteiger partial charge in [0.25, 0.3) is 0 Å². The van der Waals surface area contributed by atoms with Crippen molar-refractivity contribution in [1.82, 2.24) is 10.6 Å². The van der Waals surface area contributed by atoms with Crippen LogP contribution in [-0.4, -0.2) is 35.5 Å². The van der Waals surface area contributed by atoms with E-state index in [4.69, 9.17) is 5.73 Å². The predicted octanol–water partition coefficient (Wildman–Crippen LogP) is 3.78. The van der Waals surface area contributed by atoms with Gasteiger partial charge in [0.15, 0.2) is 0 Å². The Balaban J connectivity index is 4.55. The lowest BCUT2D eigenvalue weighted by Gasteiger charge is -2.40. The first-order valence-electron chi connectivity index (χ1n) is 9.86. The number of carbonyl (C=O) groups is 1. The molecule has 0 aromatic rings. The van der Waals surface area contributed by atoms with E-state index in [1.165, 1.54) is 0 Å². The lowest BCUT2D eigenvalue weighted by molar-refractivity contribution is -0.123. The fourth-order valence-electron chi connectivity index (χ4n) is 3.17. The highest BCUT2D eigenvalue weighted by atomic mass is 16.1. The molecule has 0 aliphatic carbocycles. The van der Waals surface area contributed by atoms with Gasteiger partial charge in [-0.15, -0.1) is 0 Å². The highest BCUT2D eigenvalue weighted by Crippen LogP contribution is 2.24. The molecule has 0 spiro atoms. The summed E-state index contributed by atoms with van der Waals surface area (Å²) < 4.78 is 0. The Morgan fingerprint density at radius 3 is 1.88 bits per heavy atom. The van der Waals surface area contributed by atoms with Crippen LogP contribution in [-0.2, 0) is 4.79 Å². The molecule has 4 heteroatoms. The Bertz CT molecular complexity index is 374. The molecule has 0 aliphatic rings. The minimum atomic E-state index is -0.419. The van der Waals surface area contributed by atoms with Gasteiger partial charge in [0.05, 0.1) is 5.54 Å². The summed E-state index contributed by atoms with van der Waals surface area (Å²) in [5.41, 5.74) is 5.42. The summed E-state index contributed by atoms with van der Waals surface area (Å²) in [4.78, 5) is 12.0. The highest BCUT2D eigenvalue weighted by molar-refractivity contribution is 5.85. The molecular formula is C20H43N3O. The van der Waals surface area contributed by atoms with Gasteiger partial charge in [-0.05, 0) is 85.7 Å². The van der Waals surface area contributed by atoms with Crippen LogP contribution in [0.2, 0.25) is 0 Å². The average Bonchev–Trinajstić information content (AvgIpc) is 2.56. The van der Waals surface area contributed by atoms with Gasteiger partial charge in [-0.2, -0.15) is 0 Å². The predicted molar refractivity (Wildman–Crippen MR) is 105 cm³/mol. The number of nitrogens with two attached hydrogens (primary N) is 1. The lowest BCUT2D eigenvalue weighted by atomic mass is 9.85. The molecule has 0 aromatic heterocycles. The van der Waals surface area contributed by atoms with Crippen molar-refractivity contribution < 1.29 is 4.79 Å². The van der Waals surface area contributed by atoms with E-state index < -0.39 is 5.54 Å². The Hall–Kier alpha value is -0.450. The van der Waals surface area contributed by atoms with Crippen molar-refractivity contribution >= 4 is 5.78 Å². The van der Waals surface area contributed by atoms with Crippen LogP contribution in [0.25, 0.3) is 0 Å². The third kappa shape index (κ3) is 7.62. The van der Waals surface area contributed by atoms with E-state index in [0.717, 1.165) is 58.0 Å². The molecule has 24 heavy (non-hydrogen) atoms. The van der Waals surface area contributed by atoms with Crippen LogP contribution in [0.4, 0.5) is 0 Å². The quantitative estimate of drug-likeness (QED) is 0.421. The Kier molecular flexibility index (Phi) is 10.3. The summed E-state index contributed by atoms with van der Waals surface area (Å²) in [5.74, 6) is 0.225. The maximum absolute atomic E-state index is 12.0. The van der Waals surface area contributed by atoms with Crippen molar-refractivity contribution in [3.63, 3.8) is 0 Å². The van der Waals surface area contributed by atoms with E-state index in [2.05, 4.69) is 45.3 Å². The second-order valence-corrected chi connectivity index (χ2v) is 8.12. The molecule has 3 atom stereocenters. The molecule has 0 saturated carbocycles. The molecule has 4 N–H and O–H groups in total. The molecule has 3 unspecified atom stereocenters. The normalized spacial score (nSPS) is 19.3. The number of hydrogen-bond acceptors (Lipinski definition) is 4. The summed E-state index contributed by atoms with van der Waals surface area (Å²) in [7, 11) is 0. The third-order valence-corrected chi connectivity index (χ3v) is 6.01. The minimum Gasteiger partial charge on any atom is -0.330 e. The summed E-state index contributed by atoms with van der Waals surface area (Å²) in [6.45, 7) is 16.6. The zero-order chi connectivity index (χ0) is 18.9. The van der Waals surface area contributed by atoms with Crippen molar-refractivity contribution in [1.29, 1.82) is 0 Å². The van der Waals surface area contributed by atoms with Gasteiger partial charge >= 0.3 is 0 Å². The average molecular weight is 342 g/mol. The fourth-order valence-corrected chi connectivity index (χ4v) is 3.17. The Labute approximate surface area is 150 Å². The van der Waals surface area contributed by atoms with Crippen LogP contribution >= 0.6 is 0 Å². The highest BCUT2D eigenvalue weighted by Gasteiger charge is 2.35. The molecule has 0 aromatic carbocycles. The first-order valence-corrected chi connectivity index (χ1v) is 9.86.